The van der Waals surface area contributed by atoms with Crippen LogP contribution in [0.15, 0.2) is 60.8 Å². The smallest absolute Gasteiger partial charge is 0.337 e. The van der Waals surface area contributed by atoms with Crippen molar-refractivity contribution in [3.05, 3.63) is 83.6 Å². The number of pyridine rings is 1. The van der Waals surface area contributed by atoms with Crippen molar-refractivity contribution in [1.82, 2.24) is 4.98 Å². The van der Waals surface area contributed by atoms with Crippen LogP contribution < -0.4 is 10.6 Å². The van der Waals surface area contributed by atoms with E-state index in [0.29, 0.717) is 16.9 Å². The third-order valence-electron chi connectivity index (χ3n) is 3.76. The molecule has 0 atom stereocenters. The molecule has 8 heteroatoms. The summed E-state index contributed by atoms with van der Waals surface area (Å²) >= 11 is 0. The number of rotatable bonds is 5. The van der Waals surface area contributed by atoms with E-state index in [9.17, 15) is 18.4 Å². The van der Waals surface area contributed by atoms with Gasteiger partial charge in [0.1, 0.15) is 5.82 Å². The van der Waals surface area contributed by atoms with Crippen molar-refractivity contribution in [1.29, 1.82) is 0 Å². The molecule has 0 saturated carbocycles. The fourth-order valence-corrected chi connectivity index (χ4v) is 2.38. The molecule has 0 spiro atoms. The van der Waals surface area contributed by atoms with Gasteiger partial charge in [-0.3, -0.25) is 4.79 Å². The maximum atomic E-state index is 13.2. The predicted octanol–water partition coefficient (Wildman–Crippen LogP) is 4.14. The van der Waals surface area contributed by atoms with Crippen LogP contribution in [-0.2, 0) is 4.74 Å². The molecule has 3 rings (SSSR count). The number of halogens is 2. The molecule has 0 unspecified atom stereocenters. The molecule has 28 heavy (non-hydrogen) atoms. The fourth-order valence-electron chi connectivity index (χ4n) is 2.38. The number of carbonyl (C=O) groups excluding carboxylic acids is 2. The van der Waals surface area contributed by atoms with Crippen molar-refractivity contribution in [2.75, 3.05) is 17.7 Å². The topological polar surface area (TPSA) is 80.3 Å². The maximum Gasteiger partial charge on any atom is 0.337 e. The molecule has 2 N–H and O–H groups in total. The van der Waals surface area contributed by atoms with E-state index in [1.807, 2.05) is 0 Å². The molecule has 142 valence electrons. The van der Waals surface area contributed by atoms with Gasteiger partial charge >= 0.3 is 5.97 Å². The second kappa shape index (κ2) is 8.26. The Kier molecular flexibility index (Phi) is 5.59. The Morgan fingerprint density at radius 1 is 0.929 bits per heavy atom. The minimum atomic E-state index is -1.10. The molecule has 0 radical (unpaired) electrons. The number of hydrogen-bond acceptors (Lipinski definition) is 5. The second-order valence-corrected chi connectivity index (χ2v) is 5.71. The third-order valence-corrected chi connectivity index (χ3v) is 3.76. The number of ether oxygens (including phenoxy) is 1. The number of nitrogens with one attached hydrogen (secondary N) is 2. The van der Waals surface area contributed by atoms with E-state index in [0.717, 1.165) is 12.1 Å². The standard InChI is InChI=1S/C20H15F2N3O3/c1-28-20(27)13-3-2-4-14(9-13)24-15-6-8-18(23-11-15)25-19(26)12-5-7-16(21)17(22)10-12/h2-11,24H,1H3,(H,23,25,26). The van der Waals surface area contributed by atoms with Gasteiger partial charge in [-0.15, -0.1) is 0 Å². The summed E-state index contributed by atoms with van der Waals surface area (Å²) in [5, 5.41) is 5.57. The zero-order chi connectivity index (χ0) is 20.1. The highest BCUT2D eigenvalue weighted by Crippen LogP contribution is 2.19. The molecule has 6 nitrogen and oxygen atoms in total. The number of aromatic nitrogens is 1. The fraction of sp³-hybridized carbons (Fsp3) is 0.0500. The summed E-state index contributed by atoms with van der Waals surface area (Å²) in [6.45, 7) is 0. The zero-order valence-corrected chi connectivity index (χ0v) is 14.7. The van der Waals surface area contributed by atoms with E-state index < -0.39 is 23.5 Å². The highest BCUT2D eigenvalue weighted by atomic mass is 19.2. The summed E-state index contributed by atoms with van der Waals surface area (Å²) in [4.78, 5) is 27.8. The van der Waals surface area contributed by atoms with Crippen LogP contribution >= 0.6 is 0 Å². The molecule has 2 aromatic carbocycles. The molecular weight excluding hydrogens is 368 g/mol. The van der Waals surface area contributed by atoms with Crippen molar-refractivity contribution in [2.24, 2.45) is 0 Å². The Morgan fingerprint density at radius 3 is 2.43 bits per heavy atom. The molecule has 1 amide bonds. The number of amides is 1. The first kappa shape index (κ1) is 19.0. The molecular formula is C20H15F2N3O3. The van der Waals surface area contributed by atoms with E-state index in [1.165, 1.54) is 19.4 Å². The lowest BCUT2D eigenvalue weighted by Crippen LogP contribution is -2.13. The average molecular weight is 383 g/mol. The van der Waals surface area contributed by atoms with Gasteiger partial charge in [0.2, 0.25) is 0 Å². The van der Waals surface area contributed by atoms with E-state index >= 15 is 0 Å². The first-order valence-corrected chi connectivity index (χ1v) is 8.14. The summed E-state index contributed by atoms with van der Waals surface area (Å²) in [6.07, 6.45) is 1.48. The summed E-state index contributed by atoms with van der Waals surface area (Å²) < 4.78 is 30.9. The van der Waals surface area contributed by atoms with E-state index in [2.05, 4.69) is 20.4 Å². The van der Waals surface area contributed by atoms with Crippen molar-refractivity contribution >= 4 is 29.1 Å². The summed E-state index contributed by atoms with van der Waals surface area (Å²) in [6, 6.07) is 12.8. The lowest BCUT2D eigenvalue weighted by molar-refractivity contribution is 0.0600. The first-order valence-electron chi connectivity index (χ1n) is 8.14. The van der Waals surface area contributed by atoms with Crippen LogP contribution in [0.5, 0.6) is 0 Å². The van der Waals surface area contributed by atoms with E-state index in [1.54, 1.807) is 36.4 Å². The Labute approximate surface area is 159 Å². The van der Waals surface area contributed by atoms with Crippen LogP contribution in [-0.4, -0.2) is 24.0 Å². The molecule has 1 heterocycles. The van der Waals surface area contributed by atoms with Gasteiger partial charge in [0.15, 0.2) is 11.6 Å². The highest BCUT2D eigenvalue weighted by molar-refractivity contribution is 6.03. The van der Waals surface area contributed by atoms with Gasteiger partial charge in [0, 0.05) is 11.3 Å². The minimum Gasteiger partial charge on any atom is -0.465 e. The second-order valence-electron chi connectivity index (χ2n) is 5.71. The summed E-state index contributed by atoms with van der Waals surface area (Å²) in [5.74, 6) is -2.95. The maximum absolute atomic E-state index is 13.2. The highest BCUT2D eigenvalue weighted by Gasteiger charge is 2.11. The molecule has 0 aliphatic heterocycles. The molecule has 0 aliphatic carbocycles. The number of anilines is 3. The number of methoxy groups -OCH3 is 1. The predicted molar refractivity (Wildman–Crippen MR) is 99.6 cm³/mol. The Hall–Kier alpha value is -3.81. The van der Waals surface area contributed by atoms with Gasteiger partial charge in [-0.2, -0.15) is 0 Å². The van der Waals surface area contributed by atoms with Crippen LogP contribution in [0.3, 0.4) is 0 Å². The number of carbonyl (C=O) groups is 2. The van der Waals surface area contributed by atoms with Crippen LogP contribution in [0.1, 0.15) is 20.7 Å². The first-order chi connectivity index (χ1) is 13.5. The van der Waals surface area contributed by atoms with E-state index in [4.69, 9.17) is 0 Å². The number of benzene rings is 2. The molecule has 0 fully saturated rings. The van der Waals surface area contributed by atoms with Gasteiger partial charge in [-0.05, 0) is 48.5 Å². The zero-order valence-electron chi connectivity index (χ0n) is 14.7. The Balaban J connectivity index is 1.67. The quantitative estimate of drug-likeness (QED) is 0.647. The van der Waals surface area contributed by atoms with Crippen molar-refractivity contribution in [3.8, 4) is 0 Å². The Bertz CT molecular complexity index is 1020. The SMILES string of the molecule is COC(=O)c1cccc(Nc2ccc(NC(=O)c3ccc(F)c(F)c3)nc2)c1. The van der Waals surface area contributed by atoms with Gasteiger partial charge in [0.05, 0.1) is 24.6 Å². The van der Waals surface area contributed by atoms with Crippen LogP contribution in [0.25, 0.3) is 0 Å². The largest absolute Gasteiger partial charge is 0.465 e. The molecule has 0 saturated heterocycles. The normalized spacial score (nSPS) is 10.2. The van der Waals surface area contributed by atoms with Gasteiger partial charge in [-0.25, -0.2) is 18.6 Å². The monoisotopic (exact) mass is 383 g/mol. The van der Waals surface area contributed by atoms with Crippen LogP contribution in [0.4, 0.5) is 26.0 Å². The van der Waals surface area contributed by atoms with Gasteiger partial charge in [-0.1, -0.05) is 6.07 Å². The van der Waals surface area contributed by atoms with Crippen molar-refractivity contribution in [3.63, 3.8) is 0 Å². The lowest BCUT2D eigenvalue weighted by Gasteiger charge is -2.09. The number of nitrogens with zero attached hydrogens (tertiary/aromatic N) is 1. The molecule has 1 aromatic heterocycles. The third kappa shape index (κ3) is 4.47. The lowest BCUT2D eigenvalue weighted by atomic mass is 10.2. The molecule has 0 aliphatic rings. The summed E-state index contributed by atoms with van der Waals surface area (Å²) in [5.41, 5.74) is 1.65. The van der Waals surface area contributed by atoms with Gasteiger partial charge in [0.25, 0.3) is 5.91 Å². The minimum absolute atomic E-state index is 0.0254. The van der Waals surface area contributed by atoms with Gasteiger partial charge < -0.3 is 15.4 Å². The number of esters is 1. The molecule has 0 bridgehead atoms. The van der Waals surface area contributed by atoms with E-state index in [-0.39, 0.29) is 11.4 Å². The van der Waals surface area contributed by atoms with Crippen molar-refractivity contribution < 1.29 is 23.1 Å². The average Bonchev–Trinajstić information content (AvgIpc) is 2.71. The van der Waals surface area contributed by atoms with Crippen molar-refractivity contribution in [2.45, 2.75) is 0 Å². The summed E-state index contributed by atoms with van der Waals surface area (Å²) in [7, 11) is 1.31. The number of hydrogen-bond donors (Lipinski definition) is 2. The van der Waals surface area contributed by atoms with Crippen LogP contribution in [0, 0.1) is 11.6 Å². The van der Waals surface area contributed by atoms with Crippen LogP contribution in [0.2, 0.25) is 0 Å². The Morgan fingerprint density at radius 2 is 1.75 bits per heavy atom. The molecule has 3 aromatic rings.